The van der Waals surface area contributed by atoms with E-state index < -0.39 is 23.7 Å². The highest BCUT2D eigenvalue weighted by molar-refractivity contribution is 4.77. The molecule has 0 aliphatic rings. The van der Waals surface area contributed by atoms with Crippen molar-refractivity contribution in [1.82, 2.24) is 0 Å². The molecule has 0 aliphatic carbocycles. The van der Waals surface area contributed by atoms with E-state index in [2.05, 4.69) is 6.92 Å². The summed E-state index contributed by atoms with van der Waals surface area (Å²) in [7, 11) is 0. The first kappa shape index (κ1) is 22.3. The lowest BCUT2D eigenvalue weighted by molar-refractivity contribution is -0.578. The van der Waals surface area contributed by atoms with E-state index in [1.165, 1.54) is 64.2 Å². The van der Waals surface area contributed by atoms with Crippen molar-refractivity contribution < 1.29 is 15.1 Å². The molecule has 0 aromatic rings. The summed E-state index contributed by atoms with van der Waals surface area (Å²) >= 11 is 0. The van der Waals surface area contributed by atoms with Crippen LogP contribution in [0.3, 0.4) is 0 Å². The first-order chi connectivity index (χ1) is 11.1. The minimum Gasteiger partial charge on any atom is -0.389 e. The smallest absolute Gasteiger partial charge is 0.267 e. The number of unbranched alkanes of at least 4 members (excludes halogenated alkanes) is 12. The lowest BCUT2D eigenvalue weighted by Gasteiger charge is -2.20. The molecule has 5 nitrogen and oxygen atoms in total. The standard InChI is InChI=1S/C18H37NO4/c1-2-3-4-5-6-7-8-9-10-11-12-13-14-15-18(16-20,17-21)19(22)23/h20-21H,2-17H2,1H3. The zero-order chi connectivity index (χ0) is 17.4. The molecule has 2 N–H and O–H groups in total. The van der Waals surface area contributed by atoms with Crippen molar-refractivity contribution in [2.75, 3.05) is 13.2 Å². The van der Waals surface area contributed by atoms with E-state index >= 15 is 0 Å². The molecule has 0 atom stereocenters. The fourth-order valence-electron chi connectivity index (χ4n) is 2.89. The summed E-state index contributed by atoms with van der Waals surface area (Å²) < 4.78 is 0. The Labute approximate surface area is 141 Å². The molecule has 0 bridgehead atoms. The molecule has 0 spiro atoms. The quantitative estimate of drug-likeness (QED) is 0.234. The lowest BCUT2D eigenvalue weighted by Crippen LogP contribution is -2.45. The highest BCUT2D eigenvalue weighted by atomic mass is 16.6. The topological polar surface area (TPSA) is 83.6 Å². The molecule has 0 aliphatic heterocycles. The van der Waals surface area contributed by atoms with Crippen LogP contribution in [0.2, 0.25) is 0 Å². The van der Waals surface area contributed by atoms with Crippen molar-refractivity contribution in [2.24, 2.45) is 0 Å². The fraction of sp³-hybridized carbons (Fsp3) is 1.00. The molecule has 0 aromatic carbocycles. The van der Waals surface area contributed by atoms with Crippen molar-refractivity contribution in [3.8, 4) is 0 Å². The second-order valence-corrected chi connectivity index (χ2v) is 6.79. The number of aliphatic hydroxyl groups is 2. The first-order valence-corrected chi connectivity index (χ1v) is 9.49. The van der Waals surface area contributed by atoms with Crippen molar-refractivity contribution in [2.45, 2.75) is 102 Å². The van der Waals surface area contributed by atoms with Gasteiger partial charge in [0.15, 0.2) is 0 Å². The molecule has 5 heteroatoms. The van der Waals surface area contributed by atoms with Gasteiger partial charge >= 0.3 is 0 Å². The summed E-state index contributed by atoms with van der Waals surface area (Å²) in [5.41, 5.74) is -1.54. The van der Waals surface area contributed by atoms with Gasteiger partial charge in [-0.15, -0.1) is 0 Å². The van der Waals surface area contributed by atoms with Crippen LogP contribution in [0, 0.1) is 10.1 Å². The van der Waals surface area contributed by atoms with Gasteiger partial charge in [0.25, 0.3) is 5.54 Å². The summed E-state index contributed by atoms with van der Waals surface area (Å²) in [6, 6.07) is 0. The summed E-state index contributed by atoms with van der Waals surface area (Å²) in [6.45, 7) is 1.06. The van der Waals surface area contributed by atoms with Crippen LogP contribution < -0.4 is 0 Å². The zero-order valence-corrected chi connectivity index (χ0v) is 15.0. The van der Waals surface area contributed by atoms with Crippen LogP contribution in [-0.2, 0) is 0 Å². The Morgan fingerprint density at radius 1 is 0.739 bits per heavy atom. The second-order valence-electron chi connectivity index (χ2n) is 6.79. The maximum atomic E-state index is 10.9. The molecule has 0 heterocycles. The summed E-state index contributed by atoms with van der Waals surface area (Å²) in [5, 5.41) is 29.2. The molecule has 0 unspecified atom stereocenters. The van der Waals surface area contributed by atoms with E-state index in [0.717, 1.165) is 12.8 Å². The van der Waals surface area contributed by atoms with E-state index in [-0.39, 0.29) is 6.42 Å². The highest BCUT2D eigenvalue weighted by Gasteiger charge is 2.40. The normalized spacial score (nSPS) is 11.8. The van der Waals surface area contributed by atoms with Gasteiger partial charge in [-0.1, -0.05) is 84.0 Å². The largest absolute Gasteiger partial charge is 0.389 e. The average Bonchev–Trinajstić information content (AvgIpc) is 2.55. The molecule has 138 valence electrons. The third-order valence-electron chi connectivity index (χ3n) is 4.72. The predicted molar refractivity (Wildman–Crippen MR) is 94.2 cm³/mol. The Hall–Kier alpha value is -0.680. The second kappa shape index (κ2) is 14.9. The van der Waals surface area contributed by atoms with Gasteiger partial charge in [0.1, 0.15) is 13.2 Å². The molecular weight excluding hydrogens is 294 g/mol. The number of nitrogens with zero attached hydrogens (tertiary/aromatic N) is 1. The fourth-order valence-corrected chi connectivity index (χ4v) is 2.89. The Kier molecular flexibility index (Phi) is 14.4. The molecule has 0 saturated carbocycles. The third kappa shape index (κ3) is 10.7. The van der Waals surface area contributed by atoms with Gasteiger partial charge in [0, 0.05) is 11.3 Å². The summed E-state index contributed by atoms with van der Waals surface area (Å²) in [6.07, 6.45) is 16.2. The van der Waals surface area contributed by atoms with E-state index in [9.17, 15) is 10.1 Å². The Bertz CT molecular complexity index is 280. The van der Waals surface area contributed by atoms with Crippen molar-refractivity contribution in [3.05, 3.63) is 10.1 Å². The Morgan fingerprint density at radius 3 is 1.39 bits per heavy atom. The Balaban J connectivity index is 3.41. The van der Waals surface area contributed by atoms with Crippen LogP contribution in [0.25, 0.3) is 0 Å². The molecule has 0 radical (unpaired) electrons. The molecular formula is C18H37NO4. The predicted octanol–water partition coefficient (Wildman–Crippen LogP) is 4.47. The monoisotopic (exact) mass is 331 g/mol. The third-order valence-corrected chi connectivity index (χ3v) is 4.72. The SMILES string of the molecule is CCCCCCCCCCCCCCCC(CO)(CO)[N+](=O)[O-]. The number of hydrogen-bond donors (Lipinski definition) is 2. The number of rotatable bonds is 17. The van der Waals surface area contributed by atoms with Gasteiger partial charge in [-0.3, -0.25) is 10.1 Å². The van der Waals surface area contributed by atoms with Gasteiger partial charge in [-0.05, 0) is 6.42 Å². The van der Waals surface area contributed by atoms with Crippen LogP contribution in [0.1, 0.15) is 96.8 Å². The maximum Gasteiger partial charge on any atom is 0.267 e. The number of hydrogen-bond acceptors (Lipinski definition) is 4. The number of aliphatic hydroxyl groups excluding tert-OH is 2. The summed E-state index contributed by atoms with van der Waals surface area (Å²) in [4.78, 5) is 10.4. The van der Waals surface area contributed by atoms with Crippen LogP contribution >= 0.6 is 0 Å². The van der Waals surface area contributed by atoms with Gasteiger partial charge in [0.2, 0.25) is 0 Å². The molecule has 0 rings (SSSR count). The molecule has 0 fully saturated rings. The van der Waals surface area contributed by atoms with E-state index in [1.54, 1.807) is 0 Å². The van der Waals surface area contributed by atoms with Crippen LogP contribution in [-0.4, -0.2) is 33.9 Å². The first-order valence-electron chi connectivity index (χ1n) is 9.49. The van der Waals surface area contributed by atoms with E-state index in [1.807, 2.05) is 0 Å². The molecule has 0 amide bonds. The average molecular weight is 331 g/mol. The minimum absolute atomic E-state index is 0.255. The molecule has 23 heavy (non-hydrogen) atoms. The zero-order valence-electron chi connectivity index (χ0n) is 15.0. The Morgan fingerprint density at radius 2 is 1.09 bits per heavy atom. The molecule has 0 saturated heterocycles. The summed E-state index contributed by atoms with van der Waals surface area (Å²) in [5.74, 6) is 0. The minimum atomic E-state index is -1.54. The van der Waals surface area contributed by atoms with Crippen LogP contribution in [0.5, 0.6) is 0 Å². The van der Waals surface area contributed by atoms with Gasteiger partial charge in [-0.2, -0.15) is 0 Å². The van der Waals surface area contributed by atoms with Gasteiger partial charge < -0.3 is 10.2 Å². The van der Waals surface area contributed by atoms with Crippen molar-refractivity contribution in [1.29, 1.82) is 0 Å². The van der Waals surface area contributed by atoms with E-state index in [4.69, 9.17) is 10.2 Å². The van der Waals surface area contributed by atoms with Crippen LogP contribution in [0.4, 0.5) is 0 Å². The molecule has 0 aromatic heterocycles. The van der Waals surface area contributed by atoms with Crippen molar-refractivity contribution in [3.63, 3.8) is 0 Å². The number of nitro groups is 1. The van der Waals surface area contributed by atoms with Gasteiger partial charge in [0.05, 0.1) is 0 Å². The van der Waals surface area contributed by atoms with Gasteiger partial charge in [-0.25, -0.2) is 0 Å². The van der Waals surface area contributed by atoms with E-state index in [0.29, 0.717) is 6.42 Å². The lowest BCUT2D eigenvalue weighted by atomic mass is 9.94. The highest BCUT2D eigenvalue weighted by Crippen LogP contribution is 2.19. The van der Waals surface area contributed by atoms with Crippen LogP contribution in [0.15, 0.2) is 0 Å². The van der Waals surface area contributed by atoms with Crippen molar-refractivity contribution >= 4 is 0 Å². The maximum absolute atomic E-state index is 10.9.